The molecule has 1 saturated heterocycles. The summed E-state index contributed by atoms with van der Waals surface area (Å²) >= 11 is 0. The predicted molar refractivity (Wildman–Crippen MR) is 85.3 cm³/mol. The van der Waals surface area contributed by atoms with E-state index in [1.807, 2.05) is 0 Å². The fraction of sp³-hybridized carbons (Fsp3) is 0.600. The number of likely N-dealkylation sites (tertiary alicyclic amines) is 1. The first-order valence-electron chi connectivity index (χ1n) is 7.55. The maximum atomic E-state index is 11.5. The van der Waals surface area contributed by atoms with E-state index in [-0.39, 0.29) is 5.75 Å². The van der Waals surface area contributed by atoms with E-state index in [0.717, 1.165) is 12.3 Å². The molecular weight excluding hydrogens is 288 g/mol. The van der Waals surface area contributed by atoms with E-state index in [1.54, 1.807) is 31.2 Å². The lowest BCUT2D eigenvalue weighted by molar-refractivity contribution is 0.183. The zero-order chi connectivity index (χ0) is 15.1. The Bertz CT molecular complexity index is 522. The average Bonchev–Trinajstić information content (AvgIpc) is 2.50. The minimum Gasteiger partial charge on any atom is -0.492 e. The van der Waals surface area contributed by atoms with Crippen LogP contribution >= 0.6 is 0 Å². The highest BCUT2D eigenvalue weighted by molar-refractivity contribution is 7.92. The number of benzene rings is 1. The number of piperidine rings is 1. The van der Waals surface area contributed by atoms with Crippen LogP contribution in [-0.4, -0.2) is 45.3 Å². The summed E-state index contributed by atoms with van der Waals surface area (Å²) in [5.74, 6) is 0.840. The van der Waals surface area contributed by atoms with Crippen molar-refractivity contribution in [1.82, 2.24) is 4.90 Å². The van der Waals surface area contributed by atoms with Gasteiger partial charge in [0.1, 0.15) is 12.4 Å². The van der Waals surface area contributed by atoms with Crippen LogP contribution in [0.5, 0.6) is 5.75 Å². The van der Waals surface area contributed by atoms with Gasteiger partial charge in [0.15, 0.2) is 0 Å². The van der Waals surface area contributed by atoms with Gasteiger partial charge in [-0.05, 0) is 57.1 Å². The number of nitrogens with zero attached hydrogens (tertiary/aromatic N) is 1. The molecular formula is C15H24N2O3S. The minimum atomic E-state index is -3.21. The summed E-state index contributed by atoms with van der Waals surface area (Å²) in [6, 6.07) is 7.04. The second kappa shape index (κ2) is 7.66. The number of nitrogens with one attached hydrogen (secondary N) is 1. The summed E-state index contributed by atoms with van der Waals surface area (Å²) in [6.45, 7) is 5.56. The zero-order valence-electron chi connectivity index (χ0n) is 12.5. The van der Waals surface area contributed by atoms with E-state index in [4.69, 9.17) is 4.74 Å². The van der Waals surface area contributed by atoms with Gasteiger partial charge in [-0.25, -0.2) is 8.42 Å². The van der Waals surface area contributed by atoms with Gasteiger partial charge in [0.05, 0.1) is 5.75 Å². The van der Waals surface area contributed by atoms with E-state index in [1.165, 1.54) is 32.4 Å². The molecule has 0 radical (unpaired) electrons. The fourth-order valence-electron chi connectivity index (χ4n) is 2.35. The molecule has 1 heterocycles. The van der Waals surface area contributed by atoms with Gasteiger partial charge in [0.2, 0.25) is 10.0 Å². The fourth-order valence-corrected chi connectivity index (χ4v) is 2.99. The maximum absolute atomic E-state index is 11.5. The van der Waals surface area contributed by atoms with Gasteiger partial charge in [-0.15, -0.1) is 0 Å². The SMILES string of the molecule is CCS(=O)(=O)Nc1ccc(OCCN2CCCCC2)cc1. The number of ether oxygens (including phenoxy) is 1. The number of hydrogen-bond donors (Lipinski definition) is 1. The molecule has 0 aliphatic carbocycles. The molecule has 2 rings (SSSR count). The van der Waals surface area contributed by atoms with Crippen molar-refractivity contribution >= 4 is 15.7 Å². The van der Waals surface area contributed by atoms with Crippen molar-refractivity contribution < 1.29 is 13.2 Å². The summed E-state index contributed by atoms with van der Waals surface area (Å²) in [6.07, 6.45) is 3.91. The third-order valence-electron chi connectivity index (χ3n) is 3.63. The van der Waals surface area contributed by atoms with Gasteiger partial charge in [-0.1, -0.05) is 6.42 Å². The molecule has 118 valence electrons. The number of sulfonamides is 1. The third kappa shape index (κ3) is 5.55. The molecule has 0 aromatic heterocycles. The second-order valence-electron chi connectivity index (χ2n) is 5.28. The third-order valence-corrected chi connectivity index (χ3v) is 4.94. The van der Waals surface area contributed by atoms with Crippen molar-refractivity contribution in [2.45, 2.75) is 26.2 Å². The first-order valence-corrected chi connectivity index (χ1v) is 9.20. The molecule has 21 heavy (non-hydrogen) atoms. The topological polar surface area (TPSA) is 58.6 Å². The maximum Gasteiger partial charge on any atom is 0.232 e. The largest absolute Gasteiger partial charge is 0.492 e. The van der Waals surface area contributed by atoms with Gasteiger partial charge in [0, 0.05) is 12.2 Å². The van der Waals surface area contributed by atoms with Crippen LogP contribution in [0, 0.1) is 0 Å². The van der Waals surface area contributed by atoms with Crippen molar-refractivity contribution in [2.24, 2.45) is 0 Å². The molecule has 0 amide bonds. The number of anilines is 1. The molecule has 0 bridgehead atoms. The van der Waals surface area contributed by atoms with Gasteiger partial charge in [-0.3, -0.25) is 9.62 Å². The first kappa shape index (κ1) is 16.1. The minimum absolute atomic E-state index is 0.0705. The molecule has 0 spiro atoms. The summed E-state index contributed by atoms with van der Waals surface area (Å²) in [4.78, 5) is 2.42. The molecule has 0 unspecified atom stereocenters. The molecule has 1 aromatic rings. The van der Waals surface area contributed by atoms with E-state index in [9.17, 15) is 8.42 Å². The van der Waals surface area contributed by atoms with Crippen LogP contribution in [0.1, 0.15) is 26.2 Å². The van der Waals surface area contributed by atoms with Crippen molar-refractivity contribution in [2.75, 3.05) is 36.7 Å². The van der Waals surface area contributed by atoms with Crippen LogP contribution in [0.3, 0.4) is 0 Å². The van der Waals surface area contributed by atoms with Crippen molar-refractivity contribution in [3.8, 4) is 5.75 Å². The molecule has 6 heteroatoms. The van der Waals surface area contributed by atoms with E-state index in [2.05, 4.69) is 9.62 Å². The highest BCUT2D eigenvalue weighted by Gasteiger charge is 2.10. The predicted octanol–water partition coefficient (Wildman–Crippen LogP) is 2.31. The lowest BCUT2D eigenvalue weighted by Crippen LogP contribution is -2.33. The van der Waals surface area contributed by atoms with Gasteiger partial charge in [0.25, 0.3) is 0 Å². The quantitative estimate of drug-likeness (QED) is 0.839. The molecule has 1 N–H and O–H groups in total. The summed E-state index contributed by atoms with van der Waals surface area (Å²) in [5.41, 5.74) is 0.570. The van der Waals surface area contributed by atoms with Crippen LogP contribution in [0.4, 0.5) is 5.69 Å². The van der Waals surface area contributed by atoms with E-state index < -0.39 is 10.0 Å². The smallest absolute Gasteiger partial charge is 0.232 e. The van der Waals surface area contributed by atoms with Gasteiger partial charge < -0.3 is 4.74 Å². The molecule has 0 atom stereocenters. The van der Waals surface area contributed by atoms with E-state index in [0.29, 0.717) is 12.3 Å². The Balaban J connectivity index is 1.77. The first-order chi connectivity index (χ1) is 10.1. The molecule has 0 saturated carbocycles. The summed E-state index contributed by atoms with van der Waals surface area (Å²) in [5, 5.41) is 0. The Morgan fingerprint density at radius 3 is 2.43 bits per heavy atom. The van der Waals surface area contributed by atoms with Gasteiger partial charge in [-0.2, -0.15) is 0 Å². The molecule has 1 aromatic carbocycles. The van der Waals surface area contributed by atoms with Crippen LogP contribution in [0.15, 0.2) is 24.3 Å². The van der Waals surface area contributed by atoms with Crippen molar-refractivity contribution in [1.29, 1.82) is 0 Å². The van der Waals surface area contributed by atoms with Gasteiger partial charge >= 0.3 is 0 Å². The monoisotopic (exact) mass is 312 g/mol. The van der Waals surface area contributed by atoms with Crippen molar-refractivity contribution in [3.63, 3.8) is 0 Å². The Kier molecular flexibility index (Phi) is 5.87. The van der Waals surface area contributed by atoms with Crippen LogP contribution < -0.4 is 9.46 Å². The van der Waals surface area contributed by atoms with Crippen molar-refractivity contribution in [3.05, 3.63) is 24.3 Å². The Morgan fingerprint density at radius 2 is 1.81 bits per heavy atom. The Labute approximate surface area is 127 Å². The lowest BCUT2D eigenvalue weighted by Gasteiger charge is -2.26. The highest BCUT2D eigenvalue weighted by atomic mass is 32.2. The normalized spacial score (nSPS) is 16.6. The van der Waals surface area contributed by atoms with Crippen LogP contribution in [0.25, 0.3) is 0 Å². The molecule has 1 fully saturated rings. The molecule has 1 aliphatic rings. The second-order valence-corrected chi connectivity index (χ2v) is 7.29. The lowest BCUT2D eigenvalue weighted by atomic mass is 10.1. The van der Waals surface area contributed by atoms with Crippen LogP contribution in [0.2, 0.25) is 0 Å². The average molecular weight is 312 g/mol. The zero-order valence-corrected chi connectivity index (χ0v) is 13.4. The Hall–Kier alpha value is -1.27. The molecule has 5 nitrogen and oxygen atoms in total. The summed E-state index contributed by atoms with van der Waals surface area (Å²) in [7, 11) is -3.21. The number of hydrogen-bond acceptors (Lipinski definition) is 4. The standard InChI is InChI=1S/C15H24N2O3S/c1-2-21(18,19)16-14-6-8-15(9-7-14)20-13-12-17-10-4-3-5-11-17/h6-9,16H,2-5,10-13H2,1H3. The molecule has 1 aliphatic heterocycles. The highest BCUT2D eigenvalue weighted by Crippen LogP contribution is 2.17. The number of rotatable bonds is 7. The van der Waals surface area contributed by atoms with E-state index >= 15 is 0 Å². The van der Waals surface area contributed by atoms with Crippen LogP contribution in [-0.2, 0) is 10.0 Å². The summed E-state index contributed by atoms with van der Waals surface area (Å²) < 4.78 is 31.1. The Morgan fingerprint density at radius 1 is 1.14 bits per heavy atom.